The zero-order chi connectivity index (χ0) is 26.5. The zero-order valence-electron chi connectivity index (χ0n) is 21.5. The molecule has 0 saturated carbocycles. The molecule has 38 heavy (non-hydrogen) atoms. The molecule has 0 N–H and O–H groups in total. The minimum Gasteiger partial charge on any atom is -0.494 e. The summed E-state index contributed by atoms with van der Waals surface area (Å²) in [7, 11) is -3.47. The van der Waals surface area contributed by atoms with Gasteiger partial charge in [-0.2, -0.15) is 4.31 Å². The van der Waals surface area contributed by atoms with Crippen LogP contribution in [0.1, 0.15) is 26.7 Å². The molecule has 0 radical (unpaired) electrons. The smallest absolute Gasteiger partial charge is 0.243 e. The van der Waals surface area contributed by atoms with Crippen molar-refractivity contribution in [1.29, 1.82) is 0 Å². The highest BCUT2D eigenvalue weighted by Gasteiger charge is 2.27. The molecule has 4 aromatic rings. The first kappa shape index (κ1) is 26.2. The molecule has 0 aliphatic carbocycles. The molecule has 7 nitrogen and oxygen atoms in total. The van der Waals surface area contributed by atoms with Crippen LogP contribution in [-0.2, 0) is 10.0 Å². The number of sulfonamides is 1. The van der Waals surface area contributed by atoms with Crippen molar-refractivity contribution in [2.24, 2.45) is 4.99 Å². The van der Waals surface area contributed by atoms with Gasteiger partial charge in [0.05, 0.1) is 29.5 Å². The number of thiazole rings is 1. The van der Waals surface area contributed by atoms with Crippen molar-refractivity contribution in [3.8, 4) is 28.4 Å². The summed E-state index contributed by atoms with van der Waals surface area (Å²) in [6, 6.07) is 22.7. The molecule has 0 unspecified atom stereocenters. The average Bonchev–Trinajstić information content (AvgIpc) is 3.62. The summed E-state index contributed by atoms with van der Waals surface area (Å²) < 4.78 is 40.9. The maximum Gasteiger partial charge on any atom is 0.243 e. The van der Waals surface area contributed by atoms with E-state index in [0.717, 1.165) is 51.8 Å². The first-order valence-electron chi connectivity index (χ1n) is 12.8. The minimum atomic E-state index is -3.47. The Bertz CT molecular complexity index is 1530. The predicted molar refractivity (Wildman–Crippen MR) is 151 cm³/mol. The second kappa shape index (κ2) is 11.6. The van der Waals surface area contributed by atoms with Gasteiger partial charge >= 0.3 is 0 Å². The van der Waals surface area contributed by atoms with Gasteiger partial charge in [-0.05, 0) is 92.9 Å². The van der Waals surface area contributed by atoms with Crippen molar-refractivity contribution >= 4 is 27.0 Å². The van der Waals surface area contributed by atoms with Gasteiger partial charge in [-0.15, -0.1) is 11.3 Å². The van der Waals surface area contributed by atoms with Gasteiger partial charge in [-0.3, -0.25) is 4.57 Å². The van der Waals surface area contributed by atoms with E-state index in [-0.39, 0.29) is 0 Å². The van der Waals surface area contributed by atoms with E-state index in [1.807, 2.05) is 79.9 Å². The third kappa shape index (κ3) is 5.55. The maximum atomic E-state index is 13.0. The molecular weight excluding hydrogens is 518 g/mol. The molecule has 0 bridgehead atoms. The number of aromatic nitrogens is 1. The second-order valence-corrected chi connectivity index (χ2v) is 11.6. The lowest BCUT2D eigenvalue weighted by Gasteiger charge is -2.16. The first-order valence-corrected chi connectivity index (χ1v) is 15.1. The van der Waals surface area contributed by atoms with E-state index in [1.165, 1.54) is 11.3 Å². The molecule has 1 aromatic heterocycles. The van der Waals surface area contributed by atoms with E-state index in [9.17, 15) is 8.42 Å². The van der Waals surface area contributed by atoms with Crippen LogP contribution in [0.4, 0.5) is 5.69 Å². The number of nitrogens with zero attached hydrogens (tertiary/aromatic N) is 3. The van der Waals surface area contributed by atoms with Crippen LogP contribution in [0.15, 0.2) is 88.1 Å². The van der Waals surface area contributed by atoms with Gasteiger partial charge in [0.25, 0.3) is 0 Å². The van der Waals surface area contributed by atoms with E-state index < -0.39 is 10.0 Å². The fraction of sp³-hybridized carbons (Fsp3) is 0.276. The Balaban J connectivity index is 1.56. The van der Waals surface area contributed by atoms with Crippen molar-refractivity contribution in [2.45, 2.75) is 31.6 Å². The lowest BCUT2D eigenvalue weighted by atomic mass is 10.1. The van der Waals surface area contributed by atoms with E-state index in [2.05, 4.69) is 4.57 Å². The molecule has 0 spiro atoms. The quantitative estimate of drug-likeness (QED) is 0.256. The molecule has 0 atom stereocenters. The van der Waals surface area contributed by atoms with Crippen LogP contribution in [0.2, 0.25) is 0 Å². The molecule has 1 aliphatic rings. The Morgan fingerprint density at radius 2 is 1.39 bits per heavy atom. The fourth-order valence-electron chi connectivity index (χ4n) is 4.47. The first-order chi connectivity index (χ1) is 18.5. The number of hydrogen-bond acceptors (Lipinski definition) is 6. The van der Waals surface area contributed by atoms with Crippen molar-refractivity contribution in [1.82, 2.24) is 8.87 Å². The van der Waals surface area contributed by atoms with Crippen LogP contribution in [0.5, 0.6) is 11.5 Å². The van der Waals surface area contributed by atoms with Crippen LogP contribution >= 0.6 is 11.3 Å². The lowest BCUT2D eigenvalue weighted by molar-refractivity contribution is 0.340. The summed E-state index contributed by atoms with van der Waals surface area (Å²) in [5.74, 6) is 1.61. The van der Waals surface area contributed by atoms with Gasteiger partial charge in [0, 0.05) is 24.2 Å². The van der Waals surface area contributed by atoms with Crippen LogP contribution in [0.3, 0.4) is 0 Å². The van der Waals surface area contributed by atoms with Crippen molar-refractivity contribution in [3.05, 3.63) is 83.0 Å². The van der Waals surface area contributed by atoms with Crippen molar-refractivity contribution in [3.63, 3.8) is 0 Å². The van der Waals surface area contributed by atoms with E-state index in [0.29, 0.717) is 31.2 Å². The van der Waals surface area contributed by atoms with Gasteiger partial charge in [-0.25, -0.2) is 13.4 Å². The van der Waals surface area contributed by atoms with Crippen molar-refractivity contribution < 1.29 is 17.9 Å². The van der Waals surface area contributed by atoms with Gasteiger partial charge in [0.1, 0.15) is 11.5 Å². The topological polar surface area (TPSA) is 73.1 Å². The summed E-state index contributed by atoms with van der Waals surface area (Å²) in [6.07, 6.45) is 1.82. The maximum absolute atomic E-state index is 13.0. The van der Waals surface area contributed by atoms with Crippen LogP contribution in [0.25, 0.3) is 16.9 Å². The Morgan fingerprint density at radius 1 is 0.816 bits per heavy atom. The molecule has 3 aromatic carbocycles. The molecule has 1 fully saturated rings. The lowest BCUT2D eigenvalue weighted by Crippen LogP contribution is -2.27. The van der Waals surface area contributed by atoms with E-state index in [1.54, 1.807) is 16.4 Å². The summed E-state index contributed by atoms with van der Waals surface area (Å²) in [6.45, 7) is 6.30. The van der Waals surface area contributed by atoms with Crippen LogP contribution in [0, 0.1) is 0 Å². The van der Waals surface area contributed by atoms with Crippen LogP contribution < -0.4 is 14.3 Å². The van der Waals surface area contributed by atoms with E-state index in [4.69, 9.17) is 14.5 Å². The highest BCUT2D eigenvalue weighted by atomic mass is 32.2. The van der Waals surface area contributed by atoms with Gasteiger partial charge in [0.2, 0.25) is 10.0 Å². The van der Waals surface area contributed by atoms with Crippen molar-refractivity contribution in [2.75, 3.05) is 26.3 Å². The molecule has 9 heteroatoms. The third-order valence-electron chi connectivity index (χ3n) is 6.34. The van der Waals surface area contributed by atoms with E-state index >= 15 is 0 Å². The number of benzene rings is 3. The molecule has 1 aliphatic heterocycles. The molecular formula is C29H31N3O4S2. The largest absolute Gasteiger partial charge is 0.494 e. The Hall–Kier alpha value is -3.40. The predicted octanol–water partition coefficient (Wildman–Crippen LogP) is 6.02. The number of ether oxygens (including phenoxy) is 2. The number of rotatable bonds is 9. The zero-order valence-corrected chi connectivity index (χ0v) is 23.2. The van der Waals surface area contributed by atoms with Gasteiger partial charge in [0.15, 0.2) is 4.80 Å². The molecule has 198 valence electrons. The average molecular weight is 550 g/mol. The third-order valence-corrected chi connectivity index (χ3v) is 9.08. The Labute approximate surface area is 227 Å². The molecule has 1 saturated heterocycles. The molecule has 5 rings (SSSR count). The van der Waals surface area contributed by atoms with Crippen LogP contribution in [-0.4, -0.2) is 43.6 Å². The monoisotopic (exact) mass is 549 g/mol. The SMILES string of the molecule is CCOc1ccc(N=c2scc(-c3ccc(S(=O)(=O)N4CCCC4)cc3)n2-c2ccc(OCC)cc2)cc1. The standard InChI is InChI=1S/C29H31N3O4S2/c1-3-35-25-13-9-23(10-14-25)30-29-32(24-11-15-26(16-12-24)36-4-2)28(21-37-29)22-7-17-27(18-8-22)38(33,34)31-19-5-6-20-31/h7-18,21H,3-6,19-20H2,1-2H3. The summed E-state index contributed by atoms with van der Waals surface area (Å²) in [4.78, 5) is 6.04. The fourth-order valence-corrected chi connectivity index (χ4v) is 6.91. The minimum absolute atomic E-state index is 0.324. The van der Waals surface area contributed by atoms with Gasteiger partial charge in [-0.1, -0.05) is 12.1 Å². The highest BCUT2D eigenvalue weighted by Crippen LogP contribution is 2.28. The Morgan fingerprint density at radius 3 is 1.97 bits per heavy atom. The summed E-state index contributed by atoms with van der Waals surface area (Å²) in [5.41, 5.74) is 3.58. The Kier molecular flexibility index (Phi) is 7.97. The molecule has 2 heterocycles. The molecule has 0 amide bonds. The summed E-state index contributed by atoms with van der Waals surface area (Å²) in [5, 5.41) is 2.05. The number of hydrogen-bond donors (Lipinski definition) is 0. The normalized spacial score (nSPS) is 14.6. The highest BCUT2D eigenvalue weighted by molar-refractivity contribution is 7.89. The second-order valence-electron chi connectivity index (χ2n) is 8.84. The van der Waals surface area contributed by atoms with Gasteiger partial charge < -0.3 is 9.47 Å². The summed E-state index contributed by atoms with van der Waals surface area (Å²) >= 11 is 1.53.